The van der Waals surface area contributed by atoms with Crippen LogP contribution in [0.25, 0.3) is 11.6 Å². The van der Waals surface area contributed by atoms with E-state index in [-0.39, 0.29) is 11.8 Å². The Labute approximate surface area is 349 Å². The highest BCUT2D eigenvalue weighted by molar-refractivity contribution is 5.95. The van der Waals surface area contributed by atoms with Gasteiger partial charge in [0.2, 0.25) is 0 Å². The molecular weight excluding hydrogens is 705 g/mol. The van der Waals surface area contributed by atoms with E-state index < -0.39 is 0 Å². The van der Waals surface area contributed by atoms with E-state index in [1.165, 1.54) is 148 Å². The number of hydrogen-bond acceptors (Lipinski definition) is 4. The van der Waals surface area contributed by atoms with Gasteiger partial charge >= 0.3 is 0 Å². The number of nitrogens with one attached hydrogen (secondary N) is 4. The Bertz CT molecular complexity index is 1340. The second-order valence-corrected chi connectivity index (χ2v) is 16.4. The molecule has 0 spiro atoms. The van der Waals surface area contributed by atoms with Crippen LogP contribution in [0.5, 0.6) is 0 Å². The Morgan fingerprint density at radius 1 is 0.421 bits per heavy atom. The SMILES string of the molecule is CCCCCCC/C=C\CCCCCCCCNC(=O)c1nc(-c2nc(C(=O)NCCCCCCCC/C=C\CCCCCCCC)c(CCC)[nH]2)[nH]c1CCC. The number of amides is 2. The number of hydrogen-bond donors (Lipinski definition) is 4. The normalized spacial score (nSPS) is 11.7. The lowest BCUT2D eigenvalue weighted by Crippen LogP contribution is -2.26. The van der Waals surface area contributed by atoms with Crippen molar-refractivity contribution in [3.63, 3.8) is 0 Å². The van der Waals surface area contributed by atoms with Crippen molar-refractivity contribution in [3.8, 4) is 11.6 Å². The summed E-state index contributed by atoms with van der Waals surface area (Å²) in [6, 6.07) is 0. The number of allylic oxidation sites excluding steroid dienone is 4. The first-order chi connectivity index (χ1) is 28.0. The number of unbranched alkanes of at least 4 members (excludes halogenated alkanes) is 23. The third-order valence-corrected chi connectivity index (χ3v) is 10.9. The van der Waals surface area contributed by atoms with Gasteiger partial charge in [-0.05, 0) is 77.0 Å². The van der Waals surface area contributed by atoms with E-state index in [1.807, 2.05) is 0 Å². The summed E-state index contributed by atoms with van der Waals surface area (Å²) >= 11 is 0. The first kappa shape index (κ1) is 50.0. The summed E-state index contributed by atoms with van der Waals surface area (Å²) in [5.41, 5.74) is 2.49. The van der Waals surface area contributed by atoms with Gasteiger partial charge in [0, 0.05) is 24.5 Å². The fraction of sp³-hybridized carbons (Fsp3) is 0.755. The minimum absolute atomic E-state index is 0.146. The molecule has 0 saturated carbocycles. The maximum atomic E-state index is 13.3. The molecule has 0 atom stereocenters. The van der Waals surface area contributed by atoms with Crippen LogP contribution in [0.3, 0.4) is 0 Å². The smallest absolute Gasteiger partial charge is 0.271 e. The highest BCUT2D eigenvalue weighted by atomic mass is 16.2. The summed E-state index contributed by atoms with van der Waals surface area (Å²) in [6.45, 7) is 10.0. The Balaban J connectivity index is 1.68. The van der Waals surface area contributed by atoms with Crippen molar-refractivity contribution in [2.75, 3.05) is 13.1 Å². The molecule has 57 heavy (non-hydrogen) atoms. The molecule has 2 aromatic heterocycles. The number of rotatable bonds is 38. The van der Waals surface area contributed by atoms with Crippen LogP contribution in [0.15, 0.2) is 24.3 Å². The van der Waals surface area contributed by atoms with Crippen LogP contribution in [0, 0.1) is 0 Å². The zero-order valence-corrected chi connectivity index (χ0v) is 37.4. The van der Waals surface area contributed by atoms with Crippen LogP contribution < -0.4 is 10.6 Å². The summed E-state index contributed by atoms with van der Waals surface area (Å²) in [5.74, 6) is 0.727. The molecule has 0 unspecified atom stereocenters. The number of imidazole rings is 2. The molecule has 0 bridgehead atoms. The standard InChI is InChI=1S/C49H86N6O2/c1-5-9-11-13-15-17-19-21-23-25-27-29-31-33-35-37-41-51-49(57)45-43(39-8-4)53-47(55-45)46-52-42(38-7-3)44(54-46)48(56)50-40-36-34-32-30-28-26-24-22-20-18-16-14-12-10-6-2/h20-23H,5-19,24-41H2,1-4H3,(H,50,56)(H,51,57)(H,52,54)(H,53,55)/b22-20-,23-21-. The number of aromatic amines is 2. The predicted molar refractivity (Wildman–Crippen MR) is 243 cm³/mol. The van der Waals surface area contributed by atoms with Crippen molar-refractivity contribution >= 4 is 11.8 Å². The van der Waals surface area contributed by atoms with E-state index in [9.17, 15) is 9.59 Å². The maximum absolute atomic E-state index is 13.3. The Morgan fingerprint density at radius 3 is 1.04 bits per heavy atom. The third-order valence-electron chi connectivity index (χ3n) is 10.9. The average Bonchev–Trinajstić information content (AvgIpc) is 3.84. The number of aryl methyl sites for hydroxylation is 2. The van der Waals surface area contributed by atoms with Crippen molar-refractivity contribution in [2.24, 2.45) is 0 Å². The average molecular weight is 791 g/mol. The molecule has 4 N–H and O–H groups in total. The first-order valence-corrected chi connectivity index (χ1v) is 24.1. The van der Waals surface area contributed by atoms with Gasteiger partial charge in [-0.15, -0.1) is 0 Å². The minimum Gasteiger partial charge on any atom is -0.351 e. The van der Waals surface area contributed by atoms with E-state index in [4.69, 9.17) is 9.97 Å². The number of nitrogens with zero attached hydrogens (tertiary/aromatic N) is 2. The van der Waals surface area contributed by atoms with E-state index in [1.54, 1.807) is 0 Å². The lowest BCUT2D eigenvalue weighted by molar-refractivity contribution is 0.0939. The summed E-state index contributed by atoms with van der Waals surface area (Å²) in [4.78, 5) is 42.6. The highest BCUT2D eigenvalue weighted by Crippen LogP contribution is 2.21. The molecule has 2 rings (SSSR count). The molecule has 0 aliphatic rings. The summed E-state index contributed by atoms with van der Waals surface area (Å²) in [6.07, 6.45) is 46.7. The zero-order valence-electron chi connectivity index (χ0n) is 37.4. The molecule has 0 aromatic carbocycles. The van der Waals surface area contributed by atoms with Crippen molar-refractivity contribution in [1.29, 1.82) is 0 Å². The van der Waals surface area contributed by atoms with Crippen LogP contribution in [0.4, 0.5) is 0 Å². The van der Waals surface area contributed by atoms with E-state index in [2.05, 4.69) is 72.6 Å². The van der Waals surface area contributed by atoms with E-state index in [0.29, 0.717) is 36.1 Å². The van der Waals surface area contributed by atoms with Gasteiger partial charge in [-0.2, -0.15) is 0 Å². The van der Waals surface area contributed by atoms with Gasteiger partial charge in [0.05, 0.1) is 0 Å². The molecule has 0 radical (unpaired) electrons. The van der Waals surface area contributed by atoms with Gasteiger partial charge in [0.15, 0.2) is 11.6 Å². The van der Waals surface area contributed by atoms with Crippen molar-refractivity contribution in [2.45, 2.75) is 227 Å². The summed E-state index contributed by atoms with van der Waals surface area (Å²) < 4.78 is 0. The molecule has 8 nitrogen and oxygen atoms in total. The van der Waals surface area contributed by atoms with Gasteiger partial charge in [-0.1, -0.05) is 174 Å². The summed E-state index contributed by atoms with van der Waals surface area (Å²) in [5, 5.41) is 6.20. The predicted octanol–water partition coefficient (Wildman–Crippen LogP) is 13.8. The molecule has 0 aliphatic heterocycles. The van der Waals surface area contributed by atoms with E-state index in [0.717, 1.165) is 62.8 Å². The number of carbonyl (C=O) groups is 2. The molecule has 2 heterocycles. The maximum Gasteiger partial charge on any atom is 0.271 e. The monoisotopic (exact) mass is 791 g/mol. The first-order valence-electron chi connectivity index (χ1n) is 24.1. The van der Waals surface area contributed by atoms with Crippen LogP contribution in [-0.4, -0.2) is 44.8 Å². The second-order valence-electron chi connectivity index (χ2n) is 16.4. The molecule has 0 fully saturated rings. The third kappa shape index (κ3) is 23.7. The molecule has 324 valence electrons. The second kappa shape index (κ2) is 34.8. The van der Waals surface area contributed by atoms with Gasteiger partial charge < -0.3 is 20.6 Å². The topological polar surface area (TPSA) is 116 Å². The Kier molecular flexibility index (Phi) is 30.6. The molecule has 2 aromatic rings. The highest BCUT2D eigenvalue weighted by Gasteiger charge is 2.22. The fourth-order valence-corrected chi connectivity index (χ4v) is 7.42. The van der Waals surface area contributed by atoms with Gasteiger partial charge in [-0.3, -0.25) is 9.59 Å². The lowest BCUT2D eigenvalue weighted by Gasteiger charge is -2.05. The minimum atomic E-state index is -0.146. The van der Waals surface area contributed by atoms with Crippen molar-refractivity contribution in [3.05, 3.63) is 47.1 Å². The lowest BCUT2D eigenvalue weighted by atomic mass is 10.1. The van der Waals surface area contributed by atoms with E-state index >= 15 is 0 Å². The molecule has 2 amide bonds. The van der Waals surface area contributed by atoms with Gasteiger partial charge in [0.25, 0.3) is 11.8 Å². The van der Waals surface area contributed by atoms with Crippen LogP contribution in [0.2, 0.25) is 0 Å². The van der Waals surface area contributed by atoms with Crippen molar-refractivity contribution in [1.82, 2.24) is 30.6 Å². The quantitative estimate of drug-likeness (QED) is 0.0400. The van der Waals surface area contributed by atoms with Crippen LogP contribution >= 0.6 is 0 Å². The summed E-state index contributed by atoms with van der Waals surface area (Å²) in [7, 11) is 0. The van der Waals surface area contributed by atoms with Crippen LogP contribution in [-0.2, 0) is 12.8 Å². The van der Waals surface area contributed by atoms with Crippen molar-refractivity contribution < 1.29 is 9.59 Å². The van der Waals surface area contributed by atoms with Gasteiger partial charge in [0.1, 0.15) is 11.4 Å². The Morgan fingerprint density at radius 2 is 0.719 bits per heavy atom. The molecule has 8 heteroatoms. The van der Waals surface area contributed by atoms with Crippen LogP contribution in [0.1, 0.15) is 246 Å². The Hall–Kier alpha value is -3.16. The largest absolute Gasteiger partial charge is 0.351 e. The molecule has 0 saturated heterocycles. The van der Waals surface area contributed by atoms with Gasteiger partial charge in [-0.25, -0.2) is 9.97 Å². The zero-order chi connectivity index (χ0) is 41.0. The number of carbonyl (C=O) groups excluding carboxylic acids is 2. The number of H-pyrrole nitrogens is 2. The number of aromatic nitrogens is 4. The fourth-order valence-electron chi connectivity index (χ4n) is 7.42. The molecular formula is C49H86N6O2. The molecule has 0 aliphatic carbocycles.